The number of benzene rings is 2. The molecular weight excluding hydrogens is 362 g/mol. The van der Waals surface area contributed by atoms with E-state index in [2.05, 4.69) is 48.3 Å². The number of anilines is 1. The molecule has 1 fully saturated rings. The number of nitrogens with one attached hydrogen (secondary N) is 2. The van der Waals surface area contributed by atoms with Crippen molar-refractivity contribution in [1.29, 1.82) is 0 Å². The second-order valence-corrected chi connectivity index (χ2v) is 8.28. The summed E-state index contributed by atoms with van der Waals surface area (Å²) in [6, 6.07) is 18.6. The molecule has 1 atom stereocenters. The van der Waals surface area contributed by atoms with Crippen molar-refractivity contribution in [3.05, 3.63) is 60.2 Å². The Bertz CT molecular complexity index is 771. The summed E-state index contributed by atoms with van der Waals surface area (Å²) in [6.07, 6.45) is 0.953. The third-order valence-electron chi connectivity index (χ3n) is 5.54. The Morgan fingerprint density at radius 1 is 1.10 bits per heavy atom. The summed E-state index contributed by atoms with van der Waals surface area (Å²) >= 11 is 0. The van der Waals surface area contributed by atoms with E-state index in [-0.39, 0.29) is 11.9 Å². The predicted molar refractivity (Wildman–Crippen MR) is 118 cm³/mol. The zero-order valence-corrected chi connectivity index (χ0v) is 17.9. The van der Waals surface area contributed by atoms with Crippen LogP contribution in [-0.2, 0) is 4.79 Å². The lowest BCUT2D eigenvalue weighted by Crippen LogP contribution is -3.16. The third-order valence-corrected chi connectivity index (χ3v) is 5.54. The van der Waals surface area contributed by atoms with Gasteiger partial charge >= 0.3 is 0 Å². The van der Waals surface area contributed by atoms with Crippen LogP contribution in [0.3, 0.4) is 0 Å². The van der Waals surface area contributed by atoms with Gasteiger partial charge in [0.2, 0.25) is 0 Å². The van der Waals surface area contributed by atoms with Crippen molar-refractivity contribution < 1.29 is 14.4 Å². The summed E-state index contributed by atoms with van der Waals surface area (Å²) in [7, 11) is 1.70. The summed E-state index contributed by atoms with van der Waals surface area (Å²) in [5.74, 6) is 1.55. The van der Waals surface area contributed by atoms with Gasteiger partial charge in [0.05, 0.1) is 39.3 Å². The number of hydrogen-bond acceptors (Lipinski definition) is 3. The Morgan fingerprint density at radius 2 is 1.83 bits per heavy atom. The first kappa shape index (κ1) is 21.2. The molecule has 5 nitrogen and oxygen atoms in total. The number of amides is 1. The van der Waals surface area contributed by atoms with Gasteiger partial charge in [0.15, 0.2) is 6.54 Å². The Balaban J connectivity index is 1.52. The standard InChI is InChI=1S/C24H33N3O2/c1-19(2)16-23(20-8-5-4-6-9-20)25-24(28)18-26-12-14-27(15-13-26)21-10-7-11-22(17-21)29-3/h4-11,17,19,23H,12-16,18H2,1-3H3,(H,25,28)/p+1/t23-/m0/s1. The van der Waals surface area contributed by atoms with E-state index in [1.807, 2.05) is 30.3 Å². The van der Waals surface area contributed by atoms with Crippen LogP contribution in [0.2, 0.25) is 0 Å². The van der Waals surface area contributed by atoms with Crippen LogP contribution in [0.1, 0.15) is 31.9 Å². The van der Waals surface area contributed by atoms with E-state index in [4.69, 9.17) is 4.74 Å². The molecule has 1 saturated heterocycles. The van der Waals surface area contributed by atoms with Crippen LogP contribution in [0.5, 0.6) is 5.75 Å². The number of carbonyl (C=O) groups is 1. The van der Waals surface area contributed by atoms with Crippen LogP contribution in [-0.4, -0.2) is 45.7 Å². The smallest absolute Gasteiger partial charge is 0.275 e. The lowest BCUT2D eigenvalue weighted by molar-refractivity contribution is -0.892. The number of quaternary nitrogens is 1. The second-order valence-electron chi connectivity index (χ2n) is 8.28. The summed E-state index contributed by atoms with van der Waals surface area (Å²) in [5, 5.41) is 3.28. The van der Waals surface area contributed by atoms with Gasteiger partial charge in [-0.25, -0.2) is 0 Å². The highest BCUT2D eigenvalue weighted by Crippen LogP contribution is 2.21. The van der Waals surface area contributed by atoms with Gasteiger partial charge in [-0.15, -0.1) is 0 Å². The minimum absolute atomic E-state index is 0.0844. The molecule has 0 bridgehead atoms. The van der Waals surface area contributed by atoms with Crippen LogP contribution >= 0.6 is 0 Å². The van der Waals surface area contributed by atoms with Crippen molar-refractivity contribution in [3.63, 3.8) is 0 Å². The summed E-state index contributed by atoms with van der Waals surface area (Å²) < 4.78 is 5.34. The summed E-state index contributed by atoms with van der Waals surface area (Å²) in [6.45, 7) is 8.76. The summed E-state index contributed by atoms with van der Waals surface area (Å²) in [5.41, 5.74) is 2.38. The van der Waals surface area contributed by atoms with Gasteiger partial charge in [-0.2, -0.15) is 0 Å². The van der Waals surface area contributed by atoms with E-state index in [1.165, 1.54) is 16.2 Å². The lowest BCUT2D eigenvalue weighted by atomic mass is 9.97. The molecule has 2 N–H and O–H groups in total. The minimum Gasteiger partial charge on any atom is -0.497 e. The van der Waals surface area contributed by atoms with Gasteiger partial charge in [-0.3, -0.25) is 4.79 Å². The zero-order chi connectivity index (χ0) is 20.6. The first-order valence-electron chi connectivity index (χ1n) is 10.6. The maximum absolute atomic E-state index is 12.7. The van der Waals surface area contributed by atoms with Gasteiger partial charge in [0.1, 0.15) is 5.75 Å². The number of hydrogen-bond donors (Lipinski definition) is 2. The topological polar surface area (TPSA) is 46.0 Å². The van der Waals surface area contributed by atoms with Crippen LogP contribution in [0.25, 0.3) is 0 Å². The molecule has 0 unspecified atom stereocenters. The van der Waals surface area contributed by atoms with Crippen LogP contribution in [0.15, 0.2) is 54.6 Å². The van der Waals surface area contributed by atoms with E-state index in [0.29, 0.717) is 12.5 Å². The molecule has 0 spiro atoms. The fraction of sp³-hybridized carbons (Fsp3) is 0.458. The largest absolute Gasteiger partial charge is 0.497 e. The van der Waals surface area contributed by atoms with Crippen molar-refractivity contribution in [1.82, 2.24) is 5.32 Å². The van der Waals surface area contributed by atoms with Crippen LogP contribution < -0.4 is 19.9 Å². The highest BCUT2D eigenvalue weighted by atomic mass is 16.5. The van der Waals surface area contributed by atoms with Crippen LogP contribution in [0.4, 0.5) is 5.69 Å². The van der Waals surface area contributed by atoms with Gasteiger partial charge in [0.25, 0.3) is 5.91 Å². The Labute approximate surface area is 174 Å². The van der Waals surface area contributed by atoms with Gasteiger partial charge in [-0.1, -0.05) is 50.2 Å². The molecule has 1 aliphatic heterocycles. The molecule has 2 aromatic rings. The van der Waals surface area contributed by atoms with Crippen molar-refractivity contribution in [2.75, 3.05) is 44.7 Å². The summed E-state index contributed by atoms with van der Waals surface area (Å²) in [4.78, 5) is 16.5. The quantitative estimate of drug-likeness (QED) is 0.720. The average molecular weight is 397 g/mol. The second kappa shape index (κ2) is 10.3. The Kier molecular flexibility index (Phi) is 7.53. The van der Waals surface area contributed by atoms with Crippen molar-refractivity contribution >= 4 is 11.6 Å². The number of rotatable bonds is 8. The molecule has 1 amide bonds. The van der Waals surface area contributed by atoms with E-state index in [1.54, 1.807) is 7.11 Å². The molecule has 3 rings (SSSR count). The first-order valence-corrected chi connectivity index (χ1v) is 10.6. The van der Waals surface area contributed by atoms with Crippen molar-refractivity contribution in [2.24, 2.45) is 5.92 Å². The lowest BCUT2D eigenvalue weighted by Gasteiger charge is -2.33. The molecule has 5 heteroatoms. The molecular formula is C24H34N3O2+. The van der Waals surface area contributed by atoms with E-state index < -0.39 is 0 Å². The van der Waals surface area contributed by atoms with E-state index >= 15 is 0 Å². The maximum atomic E-state index is 12.7. The van der Waals surface area contributed by atoms with Gasteiger partial charge in [0, 0.05) is 11.8 Å². The monoisotopic (exact) mass is 396 g/mol. The SMILES string of the molecule is COc1cccc(N2CC[NH+](CC(=O)N[C@@H](CC(C)C)c3ccccc3)CC2)c1. The predicted octanol–water partition coefficient (Wildman–Crippen LogP) is 2.30. The van der Waals surface area contributed by atoms with Gasteiger partial charge < -0.3 is 19.9 Å². The highest BCUT2D eigenvalue weighted by molar-refractivity contribution is 5.77. The van der Waals surface area contributed by atoms with E-state index in [9.17, 15) is 4.79 Å². The minimum atomic E-state index is 0.0844. The number of carbonyl (C=O) groups excluding carboxylic acids is 1. The highest BCUT2D eigenvalue weighted by Gasteiger charge is 2.24. The molecule has 2 aromatic carbocycles. The molecule has 0 saturated carbocycles. The fourth-order valence-corrected chi connectivity index (χ4v) is 3.97. The van der Waals surface area contributed by atoms with Crippen molar-refractivity contribution in [2.45, 2.75) is 26.3 Å². The third kappa shape index (κ3) is 6.23. The number of ether oxygens (including phenoxy) is 1. The Morgan fingerprint density at radius 3 is 2.48 bits per heavy atom. The molecule has 0 aliphatic carbocycles. The molecule has 29 heavy (non-hydrogen) atoms. The van der Waals surface area contributed by atoms with Crippen molar-refractivity contribution in [3.8, 4) is 5.75 Å². The molecule has 1 aliphatic rings. The molecule has 0 radical (unpaired) electrons. The average Bonchev–Trinajstić information content (AvgIpc) is 2.74. The molecule has 0 aromatic heterocycles. The number of piperazine rings is 1. The normalized spacial score (nSPS) is 15.9. The Hall–Kier alpha value is -2.53. The zero-order valence-electron chi connectivity index (χ0n) is 17.9. The first-order chi connectivity index (χ1) is 14.0. The fourth-order valence-electron chi connectivity index (χ4n) is 3.97. The van der Waals surface area contributed by atoms with E-state index in [0.717, 1.165) is 38.3 Å². The number of methoxy groups -OCH3 is 1. The molecule has 1 heterocycles. The van der Waals surface area contributed by atoms with Crippen LogP contribution in [0, 0.1) is 5.92 Å². The number of nitrogens with zero attached hydrogens (tertiary/aromatic N) is 1. The van der Waals surface area contributed by atoms with Gasteiger partial charge in [-0.05, 0) is 30.0 Å². The molecule has 156 valence electrons. The maximum Gasteiger partial charge on any atom is 0.275 e.